The maximum Gasteiger partial charge on any atom is 0.169 e. The van der Waals surface area contributed by atoms with Gasteiger partial charge in [0, 0.05) is 17.1 Å². The van der Waals surface area contributed by atoms with Crippen molar-refractivity contribution in [1.29, 1.82) is 0 Å². The second kappa shape index (κ2) is 5.95. The summed E-state index contributed by atoms with van der Waals surface area (Å²) in [7, 11) is 1.62. The number of rotatable bonds is 4. The van der Waals surface area contributed by atoms with Gasteiger partial charge in [-0.15, -0.1) is 0 Å². The molecule has 0 aromatic heterocycles. The van der Waals surface area contributed by atoms with Gasteiger partial charge in [0.1, 0.15) is 5.75 Å². The predicted molar refractivity (Wildman–Crippen MR) is 77.1 cm³/mol. The largest absolute Gasteiger partial charge is 0.493 e. The summed E-state index contributed by atoms with van der Waals surface area (Å²) in [5, 5.41) is 0.642. The third kappa shape index (κ3) is 3.19. The molecule has 2 aromatic rings. The summed E-state index contributed by atoms with van der Waals surface area (Å²) < 4.78 is 11.2. The van der Waals surface area contributed by atoms with E-state index in [0.29, 0.717) is 28.8 Å². The van der Waals surface area contributed by atoms with Gasteiger partial charge in [0.15, 0.2) is 11.5 Å². The molecule has 0 aliphatic rings. The Hall–Kier alpha value is -1.71. The summed E-state index contributed by atoms with van der Waals surface area (Å²) in [5.74, 6) is 2.04. The van der Waals surface area contributed by atoms with Crippen molar-refractivity contribution in [2.24, 2.45) is 5.73 Å². The highest BCUT2D eigenvalue weighted by atomic mass is 35.5. The van der Waals surface area contributed by atoms with Crippen LogP contribution in [0.2, 0.25) is 5.02 Å². The molecule has 0 aliphatic carbocycles. The lowest BCUT2D eigenvalue weighted by Crippen LogP contribution is -2.00. The van der Waals surface area contributed by atoms with Gasteiger partial charge in [-0.1, -0.05) is 17.7 Å². The van der Waals surface area contributed by atoms with E-state index in [1.807, 2.05) is 31.2 Å². The van der Waals surface area contributed by atoms with Gasteiger partial charge in [0.2, 0.25) is 0 Å². The highest BCUT2D eigenvalue weighted by Crippen LogP contribution is 2.34. The number of nitrogens with two attached hydrogens (primary N) is 1. The fraction of sp³-hybridized carbons (Fsp3) is 0.200. The maximum atomic E-state index is 5.94. The average Bonchev–Trinajstić information content (AvgIpc) is 2.42. The number of ether oxygens (including phenoxy) is 2. The number of benzene rings is 2. The van der Waals surface area contributed by atoms with Crippen molar-refractivity contribution in [3.8, 4) is 17.2 Å². The van der Waals surface area contributed by atoms with Crippen LogP contribution < -0.4 is 15.2 Å². The minimum Gasteiger partial charge on any atom is -0.493 e. The van der Waals surface area contributed by atoms with Gasteiger partial charge in [0.25, 0.3) is 0 Å². The molecule has 0 radical (unpaired) electrons. The van der Waals surface area contributed by atoms with Crippen LogP contribution in [-0.4, -0.2) is 7.11 Å². The number of aryl methyl sites for hydroxylation is 1. The van der Waals surface area contributed by atoms with E-state index in [2.05, 4.69) is 0 Å². The number of methoxy groups -OCH3 is 1. The van der Waals surface area contributed by atoms with Crippen LogP contribution in [0.25, 0.3) is 0 Å². The van der Waals surface area contributed by atoms with Crippen molar-refractivity contribution in [3.05, 3.63) is 52.5 Å². The minimum absolute atomic E-state index is 0.365. The summed E-state index contributed by atoms with van der Waals surface area (Å²) in [6.45, 7) is 2.37. The molecule has 2 rings (SSSR count). The number of hydrogen-bond acceptors (Lipinski definition) is 3. The van der Waals surface area contributed by atoms with Crippen LogP contribution in [0.15, 0.2) is 36.4 Å². The van der Waals surface area contributed by atoms with Crippen LogP contribution in [0.1, 0.15) is 11.1 Å². The second-order valence-electron chi connectivity index (χ2n) is 4.21. The monoisotopic (exact) mass is 277 g/mol. The summed E-state index contributed by atoms with van der Waals surface area (Å²) in [6.07, 6.45) is 0. The number of hydrogen-bond donors (Lipinski definition) is 1. The van der Waals surface area contributed by atoms with E-state index in [1.54, 1.807) is 19.2 Å². The molecule has 2 N–H and O–H groups in total. The topological polar surface area (TPSA) is 44.5 Å². The van der Waals surface area contributed by atoms with Gasteiger partial charge in [-0.25, -0.2) is 0 Å². The molecule has 100 valence electrons. The summed E-state index contributed by atoms with van der Waals surface area (Å²) in [4.78, 5) is 0. The molecular formula is C15H16ClNO2. The third-order valence-electron chi connectivity index (χ3n) is 2.78. The average molecular weight is 278 g/mol. The van der Waals surface area contributed by atoms with Crippen LogP contribution in [-0.2, 0) is 6.54 Å². The molecule has 3 nitrogen and oxygen atoms in total. The van der Waals surface area contributed by atoms with Gasteiger partial charge in [-0.2, -0.15) is 0 Å². The molecule has 0 saturated heterocycles. The molecule has 2 aromatic carbocycles. The molecule has 0 heterocycles. The van der Waals surface area contributed by atoms with Crippen molar-refractivity contribution in [2.45, 2.75) is 13.5 Å². The van der Waals surface area contributed by atoms with Crippen LogP contribution in [0.4, 0.5) is 0 Å². The van der Waals surface area contributed by atoms with Gasteiger partial charge >= 0.3 is 0 Å². The molecule has 0 fully saturated rings. The first-order valence-corrected chi connectivity index (χ1v) is 6.33. The van der Waals surface area contributed by atoms with E-state index >= 15 is 0 Å². The Morgan fingerprint density at radius 3 is 2.47 bits per heavy atom. The highest BCUT2D eigenvalue weighted by Gasteiger charge is 2.09. The first kappa shape index (κ1) is 13.7. The summed E-state index contributed by atoms with van der Waals surface area (Å²) in [6, 6.07) is 11.2. The van der Waals surface area contributed by atoms with Crippen molar-refractivity contribution < 1.29 is 9.47 Å². The fourth-order valence-corrected chi connectivity index (χ4v) is 1.98. The van der Waals surface area contributed by atoms with Gasteiger partial charge in [-0.3, -0.25) is 0 Å². The molecule has 0 bridgehead atoms. The van der Waals surface area contributed by atoms with Crippen molar-refractivity contribution in [2.75, 3.05) is 7.11 Å². The second-order valence-corrected chi connectivity index (χ2v) is 4.65. The van der Waals surface area contributed by atoms with E-state index in [9.17, 15) is 0 Å². The molecule has 0 saturated carbocycles. The first-order chi connectivity index (χ1) is 9.13. The zero-order chi connectivity index (χ0) is 13.8. The van der Waals surface area contributed by atoms with Crippen LogP contribution in [0, 0.1) is 6.92 Å². The van der Waals surface area contributed by atoms with E-state index in [4.69, 9.17) is 26.8 Å². The Kier molecular flexibility index (Phi) is 4.30. The van der Waals surface area contributed by atoms with Gasteiger partial charge in [0.05, 0.1) is 7.11 Å². The van der Waals surface area contributed by atoms with Crippen molar-refractivity contribution in [1.82, 2.24) is 0 Å². The van der Waals surface area contributed by atoms with Crippen molar-refractivity contribution in [3.63, 3.8) is 0 Å². The minimum atomic E-state index is 0.365. The van der Waals surface area contributed by atoms with Crippen LogP contribution in [0.3, 0.4) is 0 Å². The molecule has 0 amide bonds. The Balaban J connectivity index is 2.36. The van der Waals surface area contributed by atoms with Gasteiger partial charge < -0.3 is 15.2 Å². The van der Waals surface area contributed by atoms with E-state index in [-0.39, 0.29) is 0 Å². The van der Waals surface area contributed by atoms with E-state index in [1.165, 1.54) is 0 Å². The summed E-state index contributed by atoms with van der Waals surface area (Å²) >= 11 is 5.94. The molecule has 0 spiro atoms. The zero-order valence-corrected chi connectivity index (χ0v) is 11.7. The molecule has 0 unspecified atom stereocenters. The molecule has 4 heteroatoms. The highest BCUT2D eigenvalue weighted by molar-refractivity contribution is 6.30. The maximum absolute atomic E-state index is 5.94. The van der Waals surface area contributed by atoms with Gasteiger partial charge in [-0.05, 0) is 42.8 Å². The number of halogens is 1. The SMILES string of the molecule is COc1cc(C)ccc1Oc1ccc(Cl)cc1CN. The fourth-order valence-electron chi connectivity index (χ4n) is 1.78. The van der Waals surface area contributed by atoms with E-state index < -0.39 is 0 Å². The molecular weight excluding hydrogens is 262 g/mol. The predicted octanol–water partition coefficient (Wildman–Crippen LogP) is 3.91. The van der Waals surface area contributed by atoms with Crippen LogP contribution >= 0.6 is 11.6 Å². The third-order valence-corrected chi connectivity index (χ3v) is 3.02. The first-order valence-electron chi connectivity index (χ1n) is 5.95. The smallest absolute Gasteiger partial charge is 0.169 e. The van der Waals surface area contributed by atoms with E-state index in [0.717, 1.165) is 11.1 Å². The Morgan fingerprint density at radius 2 is 1.79 bits per heavy atom. The Bertz CT molecular complexity index is 533. The standard InChI is InChI=1S/C15H16ClNO2/c1-10-3-5-14(15(7-10)18-2)19-13-6-4-12(16)8-11(13)9-17/h3-8H,9,17H2,1-2H3. The lowest BCUT2D eigenvalue weighted by Gasteiger charge is -2.13. The lowest BCUT2D eigenvalue weighted by atomic mass is 10.2. The molecule has 0 atom stereocenters. The zero-order valence-electron chi connectivity index (χ0n) is 10.9. The normalized spacial score (nSPS) is 10.3. The molecule has 0 aliphatic heterocycles. The quantitative estimate of drug-likeness (QED) is 0.921. The lowest BCUT2D eigenvalue weighted by molar-refractivity contribution is 0.377. The molecule has 19 heavy (non-hydrogen) atoms. The summed E-state index contributed by atoms with van der Waals surface area (Å²) in [5.41, 5.74) is 7.67. The Labute approximate surface area is 117 Å². The Morgan fingerprint density at radius 1 is 1.05 bits per heavy atom. The van der Waals surface area contributed by atoms with Crippen LogP contribution in [0.5, 0.6) is 17.2 Å². The van der Waals surface area contributed by atoms with Crippen molar-refractivity contribution >= 4 is 11.6 Å².